The lowest BCUT2D eigenvalue weighted by Gasteiger charge is -2.15. The number of aliphatic hydroxyl groups is 1. The molecule has 0 saturated carbocycles. The molecule has 0 amide bonds. The van der Waals surface area contributed by atoms with Gasteiger partial charge >= 0.3 is 11.9 Å². The highest BCUT2D eigenvalue weighted by atomic mass is 16.6. The van der Waals surface area contributed by atoms with Crippen LogP contribution in [0.4, 0.5) is 0 Å². The van der Waals surface area contributed by atoms with Crippen molar-refractivity contribution in [1.82, 2.24) is 0 Å². The van der Waals surface area contributed by atoms with E-state index in [0.29, 0.717) is 12.8 Å². The van der Waals surface area contributed by atoms with Crippen LogP contribution in [0.15, 0.2) is 24.3 Å². The predicted molar refractivity (Wildman–Crippen MR) is 358 cm³/mol. The average molecular weight is 1140 g/mol. The van der Waals surface area contributed by atoms with Gasteiger partial charge in [0.2, 0.25) is 0 Å². The molecule has 0 aliphatic rings. The summed E-state index contributed by atoms with van der Waals surface area (Å²) in [5.74, 6) is -0.560. The van der Waals surface area contributed by atoms with Crippen LogP contribution in [0.3, 0.4) is 0 Å². The van der Waals surface area contributed by atoms with Gasteiger partial charge in [0.05, 0.1) is 6.61 Å². The van der Waals surface area contributed by atoms with Gasteiger partial charge in [-0.1, -0.05) is 398 Å². The number of aliphatic hydroxyl groups excluding tert-OH is 1. The third kappa shape index (κ3) is 70.8. The fraction of sp³-hybridized carbons (Fsp3) is 0.921. The van der Waals surface area contributed by atoms with Gasteiger partial charge in [0.15, 0.2) is 6.10 Å². The Bertz CT molecular complexity index is 1240. The summed E-state index contributed by atoms with van der Waals surface area (Å²) in [4.78, 5) is 24.7. The Kier molecular flexibility index (Phi) is 71.2. The van der Waals surface area contributed by atoms with E-state index in [1.165, 1.54) is 366 Å². The first-order valence-corrected chi connectivity index (χ1v) is 37.4. The third-order valence-corrected chi connectivity index (χ3v) is 17.5. The Balaban J connectivity index is 3.36. The summed E-state index contributed by atoms with van der Waals surface area (Å²) in [6.45, 7) is 4.21. The van der Waals surface area contributed by atoms with Gasteiger partial charge in [0, 0.05) is 12.8 Å². The van der Waals surface area contributed by atoms with Gasteiger partial charge < -0.3 is 14.6 Å². The first kappa shape index (κ1) is 79.4. The van der Waals surface area contributed by atoms with E-state index in [1.54, 1.807) is 0 Å². The summed E-state index contributed by atoms with van der Waals surface area (Å²) in [5, 5.41) is 9.71. The van der Waals surface area contributed by atoms with Crippen LogP contribution in [-0.2, 0) is 19.1 Å². The molecule has 480 valence electrons. The maximum atomic E-state index is 12.4. The molecule has 0 aliphatic carbocycles. The maximum absolute atomic E-state index is 12.4. The molecule has 5 heteroatoms. The van der Waals surface area contributed by atoms with E-state index in [0.717, 1.165) is 38.5 Å². The smallest absolute Gasteiger partial charge is 0.306 e. The Morgan fingerprint density at radius 1 is 0.284 bits per heavy atom. The lowest BCUT2D eigenvalue weighted by Crippen LogP contribution is -2.28. The van der Waals surface area contributed by atoms with Crippen LogP contribution in [0.1, 0.15) is 431 Å². The van der Waals surface area contributed by atoms with E-state index in [-0.39, 0.29) is 25.2 Å². The highest BCUT2D eigenvalue weighted by Gasteiger charge is 2.16. The second kappa shape index (κ2) is 72.6. The Labute approximate surface area is 508 Å². The number of rotatable bonds is 71. The molecular formula is C76H146O5. The summed E-state index contributed by atoms with van der Waals surface area (Å²) in [7, 11) is 0. The number of ether oxygens (including phenoxy) is 2. The first-order chi connectivity index (χ1) is 40.1. The Hall–Kier alpha value is -1.62. The summed E-state index contributed by atoms with van der Waals surface area (Å²) in [5.41, 5.74) is 0. The van der Waals surface area contributed by atoms with Crippen LogP contribution >= 0.6 is 0 Å². The number of carbonyl (C=O) groups excluding carboxylic acids is 2. The van der Waals surface area contributed by atoms with E-state index in [2.05, 4.69) is 38.2 Å². The quantitative estimate of drug-likeness (QED) is 0.0373. The molecule has 0 aromatic carbocycles. The highest BCUT2D eigenvalue weighted by Crippen LogP contribution is 2.20. The number of carbonyl (C=O) groups is 2. The zero-order valence-corrected chi connectivity index (χ0v) is 55.3. The van der Waals surface area contributed by atoms with Gasteiger partial charge in [-0.2, -0.15) is 0 Å². The van der Waals surface area contributed by atoms with Crippen LogP contribution in [0.5, 0.6) is 0 Å². The fourth-order valence-electron chi connectivity index (χ4n) is 11.9. The summed E-state index contributed by atoms with van der Waals surface area (Å²) in [6, 6.07) is 0. The number of esters is 2. The molecule has 1 unspecified atom stereocenters. The Morgan fingerprint density at radius 3 is 0.728 bits per heavy atom. The first-order valence-electron chi connectivity index (χ1n) is 37.4. The van der Waals surface area contributed by atoms with E-state index in [4.69, 9.17) is 9.47 Å². The van der Waals surface area contributed by atoms with Gasteiger partial charge in [0.25, 0.3) is 0 Å². The molecule has 0 radical (unpaired) electrons. The molecule has 0 rings (SSSR count). The molecule has 1 atom stereocenters. The van der Waals surface area contributed by atoms with Crippen LogP contribution < -0.4 is 0 Å². The molecule has 0 aromatic heterocycles. The summed E-state index contributed by atoms with van der Waals surface area (Å²) >= 11 is 0. The van der Waals surface area contributed by atoms with E-state index >= 15 is 0 Å². The van der Waals surface area contributed by atoms with E-state index < -0.39 is 6.10 Å². The lowest BCUT2D eigenvalue weighted by molar-refractivity contribution is -0.161. The van der Waals surface area contributed by atoms with E-state index in [1.807, 2.05) is 0 Å². The minimum atomic E-state index is -0.768. The van der Waals surface area contributed by atoms with Gasteiger partial charge in [-0.15, -0.1) is 0 Å². The van der Waals surface area contributed by atoms with Crippen molar-refractivity contribution in [3.05, 3.63) is 24.3 Å². The third-order valence-electron chi connectivity index (χ3n) is 17.5. The molecule has 0 spiro atoms. The van der Waals surface area contributed by atoms with Crippen molar-refractivity contribution in [3.8, 4) is 0 Å². The summed E-state index contributed by atoms with van der Waals surface area (Å²) < 4.78 is 10.8. The standard InChI is InChI=1S/C76H146O5/c1-3-5-7-9-11-13-15-17-19-21-23-25-27-29-31-33-35-37-38-39-41-43-45-47-49-51-53-55-57-59-61-63-65-67-69-71-76(79)81-74(72-77)73-80-75(78)70-68-66-64-62-60-58-56-54-52-50-48-46-44-42-40-36-34-32-30-28-26-24-22-20-18-16-14-12-10-8-6-4-2/h15,17,21,23,74,77H,3-14,16,18-20,22,24-73H2,1-2H3/b17-15-,23-21-. The monoisotopic (exact) mass is 1140 g/mol. The normalized spacial score (nSPS) is 12.2. The van der Waals surface area contributed by atoms with Crippen molar-refractivity contribution < 1.29 is 24.2 Å². The van der Waals surface area contributed by atoms with Gasteiger partial charge in [-0.05, 0) is 44.9 Å². The number of hydrogen-bond donors (Lipinski definition) is 1. The SMILES string of the molecule is CCCCCCC/C=C\C/C=C\CCCCCCCCCCCCCCCCCCCCCCCCCC(=O)OC(CO)COC(=O)CCCCCCCCCCCCCCCCCCCCCCCCCCCCCCCCCC. The minimum Gasteiger partial charge on any atom is -0.462 e. The Morgan fingerprint density at radius 2 is 0.494 bits per heavy atom. The van der Waals surface area contributed by atoms with Crippen LogP contribution in [0.25, 0.3) is 0 Å². The van der Waals surface area contributed by atoms with Gasteiger partial charge in [0.1, 0.15) is 6.61 Å². The number of hydrogen-bond acceptors (Lipinski definition) is 5. The number of unbranched alkanes of at least 4 members (excludes halogenated alkanes) is 59. The predicted octanol–water partition coefficient (Wildman–Crippen LogP) is 25.9. The van der Waals surface area contributed by atoms with E-state index in [9.17, 15) is 14.7 Å². The largest absolute Gasteiger partial charge is 0.462 e. The van der Waals surface area contributed by atoms with Gasteiger partial charge in [-0.3, -0.25) is 9.59 Å². The van der Waals surface area contributed by atoms with Gasteiger partial charge in [-0.25, -0.2) is 0 Å². The molecule has 1 N–H and O–H groups in total. The fourth-order valence-corrected chi connectivity index (χ4v) is 11.9. The topological polar surface area (TPSA) is 72.8 Å². The number of allylic oxidation sites excluding steroid dienone is 4. The van der Waals surface area contributed by atoms with Crippen molar-refractivity contribution >= 4 is 11.9 Å². The average Bonchev–Trinajstić information content (AvgIpc) is 3.47. The highest BCUT2D eigenvalue weighted by molar-refractivity contribution is 5.70. The molecule has 0 bridgehead atoms. The minimum absolute atomic E-state index is 0.0571. The second-order valence-corrected chi connectivity index (χ2v) is 25.7. The molecule has 81 heavy (non-hydrogen) atoms. The molecule has 0 aliphatic heterocycles. The second-order valence-electron chi connectivity index (χ2n) is 25.7. The molecule has 0 saturated heterocycles. The molecule has 0 aromatic rings. The molecular weight excluding hydrogens is 993 g/mol. The zero-order chi connectivity index (χ0) is 58.4. The molecule has 0 fully saturated rings. The zero-order valence-electron chi connectivity index (χ0n) is 55.3. The van der Waals surface area contributed by atoms with Crippen LogP contribution in [0.2, 0.25) is 0 Å². The lowest BCUT2D eigenvalue weighted by atomic mass is 10.0. The maximum Gasteiger partial charge on any atom is 0.306 e. The molecule has 5 nitrogen and oxygen atoms in total. The van der Waals surface area contributed by atoms with Crippen LogP contribution in [0, 0.1) is 0 Å². The van der Waals surface area contributed by atoms with Crippen molar-refractivity contribution in [3.63, 3.8) is 0 Å². The van der Waals surface area contributed by atoms with Crippen molar-refractivity contribution in [2.75, 3.05) is 13.2 Å². The summed E-state index contributed by atoms with van der Waals surface area (Å²) in [6.07, 6.45) is 95.3. The van der Waals surface area contributed by atoms with Crippen molar-refractivity contribution in [1.29, 1.82) is 0 Å². The van der Waals surface area contributed by atoms with Crippen LogP contribution in [-0.4, -0.2) is 36.4 Å². The molecule has 0 heterocycles. The van der Waals surface area contributed by atoms with Crippen molar-refractivity contribution in [2.45, 2.75) is 437 Å². The van der Waals surface area contributed by atoms with Crippen molar-refractivity contribution in [2.24, 2.45) is 0 Å².